The Morgan fingerprint density at radius 3 is 1.91 bits per heavy atom. The average molecular weight is 235 g/mol. The van der Waals surface area contributed by atoms with Gasteiger partial charge in [-0.05, 0) is 12.8 Å². The fourth-order valence-electron chi connectivity index (χ4n) is 0.644. The summed E-state index contributed by atoms with van der Waals surface area (Å²) in [5.74, 6) is 0. The van der Waals surface area contributed by atoms with Gasteiger partial charge in [-0.3, -0.25) is 0 Å². The van der Waals surface area contributed by atoms with Crippen molar-refractivity contribution in [3.05, 3.63) is 0 Å². The second-order valence-corrected chi connectivity index (χ2v) is 2.20. The molecule has 1 atom stereocenters. The van der Waals surface area contributed by atoms with Crippen LogP contribution in [0.5, 0.6) is 0 Å². The minimum atomic E-state index is -0.0463. The molecule has 0 saturated carbocycles. The van der Waals surface area contributed by atoms with Crippen LogP contribution in [0, 0.1) is 0 Å². The van der Waals surface area contributed by atoms with E-state index in [1.54, 1.807) is 0 Å². The Morgan fingerprint density at radius 1 is 1.18 bits per heavy atom. The molecule has 0 aliphatic rings. The predicted molar refractivity (Wildman–Crippen MR) is 47.2 cm³/mol. The van der Waals surface area contributed by atoms with Crippen LogP contribution in [0.1, 0.15) is 53.4 Å². The molecule has 0 aromatic heterocycles. The average Bonchev–Trinajstić information content (AvgIpc) is 2.04. The van der Waals surface area contributed by atoms with Gasteiger partial charge in [0.25, 0.3) is 0 Å². The summed E-state index contributed by atoms with van der Waals surface area (Å²) < 4.78 is 0. The van der Waals surface area contributed by atoms with Crippen LogP contribution in [0.2, 0.25) is 0 Å². The first-order chi connectivity index (χ1) is 4.81. The van der Waals surface area contributed by atoms with E-state index in [9.17, 15) is 0 Å². The van der Waals surface area contributed by atoms with Crippen LogP contribution in [-0.2, 0) is 32.7 Å². The van der Waals surface area contributed by atoms with Gasteiger partial charge in [0.2, 0.25) is 0 Å². The number of unbranched alkanes of at least 4 members (excludes halogenated alkanes) is 1. The molecule has 0 aromatic rings. The standard InChI is InChI=1S/C7H16O.C2H6.Y/c1-3-5-6-7(8)4-2;1-2;/h7-8H,3-6H2,1-2H3;1-2H3;. The Hall–Kier alpha value is 1.06. The first kappa shape index (κ1) is 18.0. The SMILES string of the molecule is CC.CCCCC(O)CC.[Y]. The maximum atomic E-state index is 8.99. The summed E-state index contributed by atoms with van der Waals surface area (Å²) in [6, 6.07) is 0. The normalized spacial score (nSPS) is 10.6. The van der Waals surface area contributed by atoms with Crippen LogP contribution in [0.3, 0.4) is 0 Å². The van der Waals surface area contributed by atoms with E-state index >= 15 is 0 Å². The monoisotopic (exact) mass is 235 g/mol. The summed E-state index contributed by atoms with van der Waals surface area (Å²) in [5.41, 5.74) is 0. The van der Waals surface area contributed by atoms with Crippen molar-refractivity contribution in [1.29, 1.82) is 0 Å². The zero-order valence-electron chi connectivity index (χ0n) is 8.43. The Morgan fingerprint density at radius 2 is 1.64 bits per heavy atom. The molecule has 1 radical (unpaired) electrons. The Labute approximate surface area is 96.8 Å². The molecule has 0 aliphatic carbocycles. The Kier molecular flexibility index (Phi) is 28.2. The van der Waals surface area contributed by atoms with Gasteiger partial charge < -0.3 is 5.11 Å². The topological polar surface area (TPSA) is 20.2 Å². The third-order valence-electron chi connectivity index (χ3n) is 1.36. The van der Waals surface area contributed by atoms with E-state index in [1.165, 1.54) is 6.42 Å². The van der Waals surface area contributed by atoms with Gasteiger partial charge >= 0.3 is 0 Å². The quantitative estimate of drug-likeness (QED) is 0.794. The zero-order valence-corrected chi connectivity index (χ0v) is 11.3. The molecule has 0 bridgehead atoms. The molecule has 1 N–H and O–H groups in total. The third kappa shape index (κ3) is 18.2. The second-order valence-electron chi connectivity index (χ2n) is 2.20. The van der Waals surface area contributed by atoms with Gasteiger partial charge in [-0.25, -0.2) is 0 Å². The van der Waals surface area contributed by atoms with E-state index in [2.05, 4.69) is 6.92 Å². The molecular formula is C9H22OY. The van der Waals surface area contributed by atoms with Crippen LogP contribution in [0.15, 0.2) is 0 Å². The van der Waals surface area contributed by atoms with Gasteiger partial charge in [0.1, 0.15) is 0 Å². The first-order valence-electron chi connectivity index (χ1n) is 4.49. The molecule has 11 heavy (non-hydrogen) atoms. The van der Waals surface area contributed by atoms with Gasteiger partial charge in [0.15, 0.2) is 0 Å². The predicted octanol–water partition coefficient (Wildman–Crippen LogP) is 2.97. The van der Waals surface area contributed by atoms with Gasteiger partial charge in [0.05, 0.1) is 6.10 Å². The molecular weight excluding hydrogens is 213 g/mol. The van der Waals surface area contributed by atoms with Crippen molar-refractivity contribution in [3.8, 4) is 0 Å². The van der Waals surface area contributed by atoms with Crippen molar-refractivity contribution >= 4 is 0 Å². The van der Waals surface area contributed by atoms with E-state index in [0.717, 1.165) is 19.3 Å². The summed E-state index contributed by atoms with van der Waals surface area (Å²) in [7, 11) is 0. The van der Waals surface area contributed by atoms with Gasteiger partial charge in [-0.2, -0.15) is 0 Å². The van der Waals surface area contributed by atoms with Crippen molar-refractivity contribution in [2.75, 3.05) is 0 Å². The molecule has 0 rings (SSSR count). The maximum Gasteiger partial charge on any atom is 0.0537 e. The van der Waals surface area contributed by atoms with Crippen molar-refractivity contribution in [2.45, 2.75) is 59.5 Å². The van der Waals surface area contributed by atoms with Gasteiger partial charge in [-0.1, -0.05) is 40.5 Å². The number of aliphatic hydroxyl groups excluding tert-OH is 1. The summed E-state index contributed by atoms with van der Waals surface area (Å²) in [6.07, 6.45) is 4.19. The Balaban J connectivity index is -0.000000196. The van der Waals surface area contributed by atoms with E-state index in [0.29, 0.717) is 0 Å². The number of aliphatic hydroxyl groups is 1. The molecule has 0 fully saturated rings. The van der Waals surface area contributed by atoms with Crippen molar-refractivity contribution in [1.82, 2.24) is 0 Å². The molecule has 0 aliphatic heterocycles. The second kappa shape index (κ2) is 17.2. The minimum Gasteiger partial charge on any atom is -0.393 e. The molecule has 2 heteroatoms. The van der Waals surface area contributed by atoms with E-state index < -0.39 is 0 Å². The maximum absolute atomic E-state index is 8.99. The Bertz CT molecular complexity index is 48.8. The minimum absolute atomic E-state index is 0. The van der Waals surface area contributed by atoms with Gasteiger partial charge in [0, 0.05) is 32.7 Å². The summed E-state index contributed by atoms with van der Waals surface area (Å²) in [4.78, 5) is 0. The third-order valence-corrected chi connectivity index (χ3v) is 1.36. The number of rotatable bonds is 4. The van der Waals surface area contributed by atoms with Crippen LogP contribution in [-0.4, -0.2) is 11.2 Å². The molecule has 0 aromatic carbocycles. The summed E-state index contributed by atoms with van der Waals surface area (Å²) in [6.45, 7) is 8.16. The molecule has 1 nitrogen and oxygen atoms in total. The van der Waals surface area contributed by atoms with Crippen LogP contribution >= 0.6 is 0 Å². The molecule has 0 amide bonds. The van der Waals surface area contributed by atoms with Crippen LogP contribution < -0.4 is 0 Å². The number of hydrogen-bond donors (Lipinski definition) is 1. The van der Waals surface area contributed by atoms with E-state index in [1.807, 2.05) is 20.8 Å². The summed E-state index contributed by atoms with van der Waals surface area (Å²) in [5, 5.41) is 8.99. The largest absolute Gasteiger partial charge is 0.393 e. The van der Waals surface area contributed by atoms with Crippen molar-refractivity contribution in [3.63, 3.8) is 0 Å². The van der Waals surface area contributed by atoms with Crippen LogP contribution in [0.4, 0.5) is 0 Å². The van der Waals surface area contributed by atoms with Gasteiger partial charge in [-0.15, -0.1) is 0 Å². The summed E-state index contributed by atoms with van der Waals surface area (Å²) >= 11 is 0. The molecule has 1 unspecified atom stereocenters. The van der Waals surface area contributed by atoms with Crippen molar-refractivity contribution < 1.29 is 37.8 Å². The first-order valence-corrected chi connectivity index (χ1v) is 4.49. The number of hydrogen-bond acceptors (Lipinski definition) is 1. The molecule has 0 spiro atoms. The van der Waals surface area contributed by atoms with Crippen LogP contribution in [0.25, 0.3) is 0 Å². The zero-order chi connectivity index (χ0) is 8.41. The molecule has 0 heterocycles. The van der Waals surface area contributed by atoms with E-state index in [-0.39, 0.29) is 38.8 Å². The van der Waals surface area contributed by atoms with E-state index in [4.69, 9.17) is 5.11 Å². The fourth-order valence-corrected chi connectivity index (χ4v) is 0.644. The molecule has 67 valence electrons. The van der Waals surface area contributed by atoms with Crippen molar-refractivity contribution in [2.24, 2.45) is 0 Å². The fraction of sp³-hybridized carbons (Fsp3) is 1.00. The smallest absolute Gasteiger partial charge is 0.0537 e. The molecule has 0 saturated heterocycles.